The third-order valence-corrected chi connectivity index (χ3v) is 9.92. The molecule has 210 valence electrons. The van der Waals surface area contributed by atoms with Crippen LogP contribution in [0.5, 0.6) is 0 Å². The molecule has 42 heavy (non-hydrogen) atoms. The largest absolute Gasteiger partial charge is 0.338 e. The van der Waals surface area contributed by atoms with Crippen molar-refractivity contribution in [3.05, 3.63) is 148 Å². The maximum Gasteiger partial charge on any atom is 0.0592 e. The van der Waals surface area contributed by atoms with Crippen molar-refractivity contribution < 1.29 is 0 Å². The summed E-state index contributed by atoms with van der Waals surface area (Å²) in [5, 5.41) is 0. The fourth-order valence-electron chi connectivity index (χ4n) is 8.05. The zero-order chi connectivity index (χ0) is 27.9. The molecule has 0 saturated carbocycles. The predicted octanol–water partition coefficient (Wildman–Crippen LogP) is 10.0. The van der Waals surface area contributed by atoms with Gasteiger partial charge in [-0.15, -0.1) is 0 Å². The van der Waals surface area contributed by atoms with E-state index in [1.54, 1.807) is 33.4 Å². The number of anilines is 2. The van der Waals surface area contributed by atoms with E-state index in [2.05, 4.69) is 113 Å². The van der Waals surface area contributed by atoms with Crippen LogP contribution >= 0.6 is 0 Å². The van der Waals surface area contributed by atoms with Crippen LogP contribution in [0.1, 0.15) is 74.5 Å². The van der Waals surface area contributed by atoms with Crippen LogP contribution in [0.3, 0.4) is 0 Å². The predicted molar refractivity (Wildman–Crippen MR) is 177 cm³/mol. The summed E-state index contributed by atoms with van der Waals surface area (Å²) in [4.78, 5) is 5.25. The van der Waals surface area contributed by atoms with E-state index in [1.165, 1.54) is 28.5 Å². The SMILES string of the molecule is C1=CCCC(N(c2ccccc2)C2CC=C3CCc4c(N(C5=CCCC=C5)C5=CCCC=C5)ccc5c4C3=C2CC5)=C1. The lowest BCUT2D eigenvalue weighted by Gasteiger charge is -2.44. The van der Waals surface area contributed by atoms with E-state index in [-0.39, 0.29) is 0 Å². The second-order valence-electron chi connectivity index (χ2n) is 12.4. The summed E-state index contributed by atoms with van der Waals surface area (Å²) < 4.78 is 0. The second-order valence-corrected chi connectivity index (χ2v) is 12.4. The molecule has 0 saturated heterocycles. The second kappa shape index (κ2) is 11.0. The van der Waals surface area contributed by atoms with E-state index in [0.717, 1.165) is 70.6 Å². The topological polar surface area (TPSA) is 6.48 Å². The van der Waals surface area contributed by atoms with Crippen molar-refractivity contribution in [2.24, 2.45) is 0 Å². The Kier molecular flexibility index (Phi) is 6.71. The minimum Gasteiger partial charge on any atom is -0.338 e. The van der Waals surface area contributed by atoms with Gasteiger partial charge < -0.3 is 9.80 Å². The van der Waals surface area contributed by atoms with Gasteiger partial charge in [-0.2, -0.15) is 0 Å². The maximum absolute atomic E-state index is 2.68. The molecule has 2 heteroatoms. The molecule has 0 aromatic heterocycles. The quantitative estimate of drug-likeness (QED) is 0.354. The van der Waals surface area contributed by atoms with Gasteiger partial charge in [-0.05, 0) is 140 Å². The number of para-hydroxylation sites is 1. The smallest absolute Gasteiger partial charge is 0.0592 e. The van der Waals surface area contributed by atoms with Crippen molar-refractivity contribution in [3.8, 4) is 0 Å². The third-order valence-electron chi connectivity index (χ3n) is 9.92. The first-order valence-corrected chi connectivity index (χ1v) is 16.2. The van der Waals surface area contributed by atoms with Crippen molar-refractivity contribution in [1.29, 1.82) is 0 Å². The minimum atomic E-state index is 0.371. The highest BCUT2D eigenvalue weighted by Gasteiger charge is 2.38. The van der Waals surface area contributed by atoms with Gasteiger partial charge in [0.05, 0.1) is 6.04 Å². The molecular weight excluding hydrogens is 508 g/mol. The number of hydrogen-bond acceptors (Lipinski definition) is 2. The summed E-state index contributed by atoms with van der Waals surface area (Å²) in [6.45, 7) is 0. The Morgan fingerprint density at radius 1 is 0.667 bits per heavy atom. The summed E-state index contributed by atoms with van der Waals surface area (Å²) in [5.41, 5.74) is 16.3. The first-order chi connectivity index (χ1) is 20.9. The zero-order valence-corrected chi connectivity index (χ0v) is 24.6. The standard InChI is InChI=1S/C40H40N2/c1-5-13-31(14-6-1)41(32-15-7-2-8-16-32)37-27-23-29-22-26-36-38(28-24-30-21-25-35(37)39(29)40(30)36)42(33-17-9-3-10-18-33)34-19-11-4-12-20-34/h1-2,5-7,9,11,13-15,17-20,23-24,28,37H,3-4,8,10,12,16,21-22,25-27H2. The van der Waals surface area contributed by atoms with Crippen LogP contribution < -0.4 is 9.80 Å². The van der Waals surface area contributed by atoms with Gasteiger partial charge in [0.2, 0.25) is 0 Å². The molecule has 0 amide bonds. The number of nitrogens with zero attached hydrogens (tertiary/aromatic N) is 2. The molecule has 0 spiro atoms. The third kappa shape index (κ3) is 4.40. The van der Waals surface area contributed by atoms with E-state index >= 15 is 0 Å². The Morgan fingerprint density at radius 2 is 1.48 bits per heavy atom. The number of allylic oxidation sites excluding steroid dienone is 12. The van der Waals surface area contributed by atoms with Crippen molar-refractivity contribution in [2.75, 3.05) is 9.80 Å². The summed E-state index contributed by atoms with van der Waals surface area (Å²) in [7, 11) is 0. The molecular formula is C40H40N2. The molecule has 1 atom stereocenters. The van der Waals surface area contributed by atoms with Gasteiger partial charge in [0.1, 0.15) is 0 Å². The number of benzene rings is 2. The number of rotatable bonds is 6. The highest BCUT2D eigenvalue weighted by atomic mass is 15.2. The maximum atomic E-state index is 2.68. The average molecular weight is 549 g/mol. The van der Waals surface area contributed by atoms with Crippen LogP contribution in [0.25, 0.3) is 5.57 Å². The van der Waals surface area contributed by atoms with Gasteiger partial charge in [0.25, 0.3) is 0 Å². The Bertz CT molecular complexity index is 1620. The normalized spacial score (nSPS) is 22.1. The van der Waals surface area contributed by atoms with Crippen LogP contribution in [0.15, 0.2) is 131 Å². The molecule has 0 heterocycles. The monoisotopic (exact) mass is 548 g/mol. The van der Waals surface area contributed by atoms with Crippen LogP contribution in [0.4, 0.5) is 11.4 Å². The van der Waals surface area contributed by atoms with E-state index in [1.807, 2.05) is 0 Å². The van der Waals surface area contributed by atoms with Crippen molar-refractivity contribution in [2.45, 2.75) is 76.7 Å². The highest BCUT2D eigenvalue weighted by Crippen LogP contribution is 2.52. The molecule has 2 nitrogen and oxygen atoms in total. The molecule has 0 fully saturated rings. The summed E-state index contributed by atoms with van der Waals surface area (Å²) >= 11 is 0. The Labute approximate surface area is 251 Å². The van der Waals surface area contributed by atoms with E-state index in [9.17, 15) is 0 Å². The zero-order valence-electron chi connectivity index (χ0n) is 24.6. The summed E-state index contributed by atoms with van der Waals surface area (Å²) in [6.07, 6.45) is 36.2. The minimum absolute atomic E-state index is 0.371. The van der Waals surface area contributed by atoms with E-state index in [4.69, 9.17) is 0 Å². The first-order valence-electron chi connectivity index (χ1n) is 16.2. The molecule has 6 aliphatic carbocycles. The molecule has 6 aliphatic rings. The lowest BCUT2D eigenvalue weighted by molar-refractivity contribution is 0.647. The van der Waals surface area contributed by atoms with Crippen molar-refractivity contribution in [3.63, 3.8) is 0 Å². The van der Waals surface area contributed by atoms with Crippen LogP contribution in [0, 0.1) is 0 Å². The Balaban J connectivity index is 1.28. The molecule has 0 N–H and O–H groups in total. The van der Waals surface area contributed by atoms with Gasteiger partial charge in [-0.25, -0.2) is 0 Å². The molecule has 0 aliphatic heterocycles. The van der Waals surface area contributed by atoms with Crippen LogP contribution in [-0.4, -0.2) is 6.04 Å². The summed E-state index contributed by atoms with van der Waals surface area (Å²) in [6, 6.07) is 16.4. The number of hydrogen-bond donors (Lipinski definition) is 0. The van der Waals surface area contributed by atoms with Gasteiger partial charge in [0, 0.05) is 28.5 Å². The first kappa shape index (κ1) is 25.7. The van der Waals surface area contributed by atoms with Gasteiger partial charge >= 0.3 is 0 Å². The van der Waals surface area contributed by atoms with E-state index < -0.39 is 0 Å². The average Bonchev–Trinajstić information content (AvgIpc) is 3.07. The fraction of sp³-hybridized carbons (Fsp3) is 0.300. The summed E-state index contributed by atoms with van der Waals surface area (Å²) in [5.74, 6) is 0. The van der Waals surface area contributed by atoms with E-state index in [0.29, 0.717) is 6.04 Å². The lowest BCUT2D eigenvalue weighted by atomic mass is 9.69. The van der Waals surface area contributed by atoms with Gasteiger partial charge in [-0.1, -0.05) is 66.8 Å². The Hall–Kier alpha value is -4.04. The number of aryl methyl sites for hydroxylation is 1. The van der Waals surface area contributed by atoms with Gasteiger partial charge in [-0.3, -0.25) is 0 Å². The van der Waals surface area contributed by atoms with Crippen molar-refractivity contribution in [1.82, 2.24) is 0 Å². The molecule has 2 aromatic carbocycles. The lowest BCUT2D eigenvalue weighted by Crippen LogP contribution is -2.39. The van der Waals surface area contributed by atoms with Crippen LogP contribution in [-0.2, 0) is 12.8 Å². The fourth-order valence-corrected chi connectivity index (χ4v) is 8.05. The Morgan fingerprint density at radius 3 is 2.19 bits per heavy atom. The van der Waals surface area contributed by atoms with Crippen molar-refractivity contribution >= 4 is 16.9 Å². The molecule has 2 aromatic rings. The molecule has 0 bridgehead atoms. The molecule has 1 unspecified atom stereocenters. The van der Waals surface area contributed by atoms with Gasteiger partial charge in [0.15, 0.2) is 0 Å². The highest BCUT2D eigenvalue weighted by molar-refractivity contribution is 5.92. The molecule has 8 rings (SSSR count). The molecule has 0 radical (unpaired) electrons. The van der Waals surface area contributed by atoms with Crippen LogP contribution in [0.2, 0.25) is 0 Å².